The zero-order chi connectivity index (χ0) is 18.9. The third kappa shape index (κ3) is 3.41. The first-order valence-corrected chi connectivity index (χ1v) is 8.86. The minimum Gasteiger partial charge on any atom is -0.445 e. The molecule has 1 aliphatic carbocycles. The number of aromatic nitrogens is 5. The molecule has 1 aromatic carbocycles. The third-order valence-corrected chi connectivity index (χ3v) is 4.40. The summed E-state index contributed by atoms with van der Waals surface area (Å²) < 4.78 is 19.5. The smallest absolute Gasteiger partial charge is 0.229 e. The number of hydrogen-bond donors (Lipinski definition) is 3. The van der Waals surface area contributed by atoms with E-state index in [2.05, 4.69) is 35.8 Å². The van der Waals surface area contributed by atoms with Crippen LogP contribution in [0.25, 0.3) is 11.5 Å². The number of hydrogen-bond acceptors (Lipinski definition) is 7. The highest BCUT2D eigenvalue weighted by Gasteiger charge is 2.25. The van der Waals surface area contributed by atoms with Crippen molar-refractivity contribution in [1.82, 2.24) is 25.1 Å². The molecular formula is C19H16FN7O. The van der Waals surface area contributed by atoms with Gasteiger partial charge >= 0.3 is 0 Å². The van der Waals surface area contributed by atoms with Crippen molar-refractivity contribution in [3.05, 3.63) is 60.5 Å². The Morgan fingerprint density at radius 2 is 2.07 bits per heavy atom. The van der Waals surface area contributed by atoms with Crippen molar-refractivity contribution in [2.24, 2.45) is 0 Å². The Labute approximate surface area is 159 Å². The van der Waals surface area contributed by atoms with Crippen LogP contribution in [0.4, 0.5) is 27.7 Å². The predicted octanol–water partition coefficient (Wildman–Crippen LogP) is 4.36. The summed E-state index contributed by atoms with van der Waals surface area (Å²) in [5.74, 6) is 1.32. The van der Waals surface area contributed by atoms with E-state index in [0.29, 0.717) is 17.6 Å². The largest absolute Gasteiger partial charge is 0.445 e. The van der Waals surface area contributed by atoms with Gasteiger partial charge in [-0.25, -0.2) is 14.4 Å². The molecule has 8 nitrogen and oxygen atoms in total. The van der Waals surface area contributed by atoms with Crippen molar-refractivity contribution in [3.8, 4) is 11.5 Å². The van der Waals surface area contributed by atoms with Crippen LogP contribution in [0.15, 0.2) is 53.4 Å². The average Bonchev–Trinajstić information content (AvgIpc) is 3.21. The van der Waals surface area contributed by atoms with Gasteiger partial charge in [-0.2, -0.15) is 10.1 Å². The predicted molar refractivity (Wildman–Crippen MR) is 101 cm³/mol. The highest BCUT2D eigenvalue weighted by molar-refractivity contribution is 5.65. The Kier molecular flexibility index (Phi) is 3.97. The first kappa shape index (κ1) is 16.4. The molecule has 0 radical (unpaired) electrons. The van der Waals surface area contributed by atoms with Gasteiger partial charge < -0.3 is 15.1 Å². The highest BCUT2D eigenvalue weighted by Crippen LogP contribution is 2.39. The molecule has 1 aliphatic rings. The molecule has 0 aliphatic heterocycles. The number of anilines is 4. The number of H-pyrrole nitrogens is 1. The van der Waals surface area contributed by atoms with Crippen LogP contribution in [0.5, 0.6) is 0 Å². The molecule has 0 bridgehead atoms. The maximum absolute atomic E-state index is 14.1. The number of nitrogens with zero attached hydrogens (tertiary/aromatic N) is 4. The van der Waals surface area contributed by atoms with Gasteiger partial charge in [-0.15, -0.1) is 0 Å². The molecule has 4 aromatic rings. The molecular weight excluding hydrogens is 361 g/mol. The summed E-state index contributed by atoms with van der Waals surface area (Å²) in [5, 5.41) is 13.1. The Morgan fingerprint density at radius 1 is 1.14 bits per heavy atom. The Hall–Kier alpha value is -3.75. The first-order chi connectivity index (χ1) is 13.7. The van der Waals surface area contributed by atoms with Crippen LogP contribution in [-0.2, 0) is 0 Å². The first-order valence-electron chi connectivity index (χ1n) is 8.86. The topological polar surface area (TPSA) is 105 Å². The van der Waals surface area contributed by atoms with E-state index in [0.717, 1.165) is 36.0 Å². The van der Waals surface area contributed by atoms with Crippen LogP contribution in [0.3, 0.4) is 0 Å². The van der Waals surface area contributed by atoms with Crippen LogP contribution in [0.2, 0.25) is 0 Å². The monoisotopic (exact) mass is 377 g/mol. The summed E-state index contributed by atoms with van der Waals surface area (Å²) in [6.45, 7) is 0. The van der Waals surface area contributed by atoms with E-state index >= 15 is 0 Å². The van der Waals surface area contributed by atoms with E-state index < -0.39 is 5.82 Å². The summed E-state index contributed by atoms with van der Waals surface area (Å²) in [4.78, 5) is 12.4. The van der Waals surface area contributed by atoms with Gasteiger partial charge in [0.15, 0.2) is 17.5 Å². The van der Waals surface area contributed by atoms with Gasteiger partial charge in [-0.1, -0.05) is 6.07 Å². The minimum absolute atomic E-state index is 0.0511. The van der Waals surface area contributed by atoms with Crippen molar-refractivity contribution in [2.75, 3.05) is 10.6 Å². The molecule has 0 unspecified atom stereocenters. The summed E-state index contributed by atoms with van der Waals surface area (Å²) in [5.41, 5.74) is 2.59. The maximum Gasteiger partial charge on any atom is 0.229 e. The van der Waals surface area contributed by atoms with Crippen molar-refractivity contribution in [3.63, 3.8) is 0 Å². The van der Waals surface area contributed by atoms with E-state index in [4.69, 9.17) is 4.42 Å². The average molecular weight is 377 g/mol. The zero-order valence-electron chi connectivity index (χ0n) is 14.7. The van der Waals surface area contributed by atoms with Crippen LogP contribution >= 0.6 is 0 Å². The summed E-state index contributed by atoms with van der Waals surface area (Å²) in [6, 6.07) is 9.31. The van der Waals surface area contributed by atoms with E-state index in [1.165, 1.54) is 6.26 Å². The molecule has 0 amide bonds. The van der Waals surface area contributed by atoms with Gasteiger partial charge in [0.2, 0.25) is 11.8 Å². The highest BCUT2D eigenvalue weighted by atomic mass is 19.1. The quantitative estimate of drug-likeness (QED) is 0.458. The molecule has 3 aromatic heterocycles. The Morgan fingerprint density at radius 3 is 2.89 bits per heavy atom. The summed E-state index contributed by atoms with van der Waals surface area (Å²) in [7, 11) is 0. The fourth-order valence-corrected chi connectivity index (χ4v) is 2.87. The number of halogens is 1. The maximum atomic E-state index is 14.1. The van der Waals surface area contributed by atoms with Gasteiger partial charge in [0.05, 0.1) is 12.4 Å². The van der Waals surface area contributed by atoms with Crippen molar-refractivity contribution in [2.45, 2.75) is 18.8 Å². The van der Waals surface area contributed by atoms with Crippen molar-refractivity contribution in [1.29, 1.82) is 0 Å². The Balaban J connectivity index is 1.36. The molecule has 28 heavy (non-hydrogen) atoms. The lowest BCUT2D eigenvalue weighted by atomic mass is 10.2. The number of oxazole rings is 1. The molecule has 3 heterocycles. The lowest BCUT2D eigenvalue weighted by Crippen LogP contribution is -2.03. The minimum atomic E-state index is -0.560. The third-order valence-electron chi connectivity index (χ3n) is 4.40. The molecule has 0 spiro atoms. The van der Waals surface area contributed by atoms with Gasteiger partial charge in [0, 0.05) is 28.9 Å². The van der Waals surface area contributed by atoms with E-state index in [-0.39, 0.29) is 11.8 Å². The second-order valence-corrected chi connectivity index (χ2v) is 6.54. The van der Waals surface area contributed by atoms with Crippen LogP contribution in [0.1, 0.15) is 24.5 Å². The zero-order valence-corrected chi connectivity index (χ0v) is 14.7. The van der Waals surface area contributed by atoms with E-state index in [9.17, 15) is 4.39 Å². The van der Waals surface area contributed by atoms with Crippen LogP contribution < -0.4 is 10.6 Å². The van der Waals surface area contributed by atoms with E-state index in [1.54, 1.807) is 6.20 Å². The van der Waals surface area contributed by atoms with Gasteiger partial charge in [0.1, 0.15) is 6.26 Å². The van der Waals surface area contributed by atoms with Crippen LogP contribution in [0, 0.1) is 5.82 Å². The normalized spacial score (nSPS) is 13.5. The molecule has 140 valence electrons. The molecule has 3 N–H and O–H groups in total. The molecule has 0 saturated heterocycles. The molecule has 9 heteroatoms. The molecule has 0 atom stereocenters. The van der Waals surface area contributed by atoms with Crippen LogP contribution in [-0.4, -0.2) is 25.1 Å². The molecule has 1 fully saturated rings. The van der Waals surface area contributed by atoms with Crippen molar-refractivity contribution < 1.29 is 8.81 Å². The van der Waals surface area contributed by atoms with Gasteiger partial charge in [-0.05, 0) is 31.0 Å². The number of nitrogens with one attached hydrogen (secondary N) is 3. The van der Waals surface area contributed by atoms with Gasteiger partial charge in [-0.3, -0.25) is 5.10 Å². The SMILES string of the molecule is Fc1cnc(Nc2cccc(-c3ncco3)c2)nc1Nc1cc(C2CC2)[nH]n1. The fourth-order valence-electron chi connectivity index (χ4n) is 2.87. The second kappa shape index (κ2) is 6.76. The summed E-state index contributed by atoms with van der Waals surface area (Å²) >= 11 is 0. The second-order valence-electron chi connectivity index (χ2n) is 6.54. The fraction of sp³-hybridized carbons (Fsp3) is 0.158. The standard InChI is InChI=1S/C19H16FN7O/c20-14-10-22-19(23-13-3-1-2-12(8-13)18-21-6-7-28-18)25-17(14)24-16-9-15(26-27-16)11-4-5-11/h1-3,6-11H,4-5H2,(H3,22,23,24,25,26,27). The lowest BCUT2D eigenvalue weighted by molar-refractivity contribution is 0.574. The van der Waals surface area contributed by atoms with E-state index in [1.807, 2.05) is 30.3 Å². The Bertz CT molecular complexity index is 1110. The number of rotatable bonds is 6. The van der Waals surface area contributed by atoms with Gasteiger partial charge in [0.25, 0.3) is 0 Å². The lowest BCUT2D eigenvalue weighted by Gasteiger charge is -2.08. The molecule has 5 rings (SSSR count). The van der Waals surface area contributed by atoms with Crippen molar-refractivity contribution >= 4 is 23.3 Å². The summed E-state index contributed by atoms with van der Waals surface area (Å²) in [6.07, 6.45) is 6.53. The molecule has 1 saturated carbocycles. The number of aromatic amines is 1. The number of benzene rings is 1.